The molecule has 0 aliphatic heterocycles. The highest BCUT2D eigenvalue weighted by atomic mass is 32.2. The van der Waals surface area contributed by atoms with Gasteiger partial charge in [-0.1, -0.05) is 18.2 Å². The lowest BCUT2D eigenvalue weighted by Crippen LogP contribution is -2.45. The Labute approximate surface area is 160 Å². The van der Waals surface area contributed by atoms with Gasteiger partial charge in [0.1, 0.15) is 17.5 Å². The van der Waals surface area contributed by atoms with Crippen LogP contribution in [0.5, 0.6) is 11.5 Å². The number of carbonyl (C=O) groups is 1. The van der Waals surface area contributed by atoms with E-state index >= 15 is 0 Å². The van der Waals surface area contributed by atoms with Crippen LogP contribution in [-0.2, 0) is 14.8 Å². The Morgan fingerprint density at radius 1 is 1.07 bits per heavy atom. The fourth-order valence-corrected chi connectivity index (χ4v) is 3.91. The molecule has 0 saturated heterocycles. The average molecular weight is 392 g/mol. The summed E-state index contributed by atoms with van der Waals surface area (Å²) in [5, 5.41) is 2.72. The quantitative estimate of drug-likeness (QED) is 0.783. The third kappa shape index (κ3) is 4.71. The van der Waals surface area contributed by atoms with E-state index in [2.05, 4.69) is 5.32 Å². The van der Waals surface area contributed by atoms with Crippen molar-refractivity contribution in [2.75, 3.05) is 30.1 Å². The number of amides is 1. The lowest BCUT2D eigenvalue weighted by molar-refractivity contribution is -0.116. The first kappa shape index (κ1) is 20.6. The Bertz CT molecular complexity index is 927. The molecule has 1 amide bonds. The first-order chi connectivity index (χ1) is 12.7. The van der Waals surface area contributed by atoms with Crippen LogP contribution >= 0.6 is 0 Å². The maximum absolute atomic E-state index is 12.8. The van der Waals surface area contributed by atoms with E-state index in [0.717, 1.165) is 16.1 Å². The van der Waals surface area contributed by atoms with Gasteiger partial charge >= 0.3 is 0 Å². The number of para-hydroxylation sites is 2. The zero-order valence-electron chi connectivity index (χ0n) is 16.0. The summed E-state index contributed by atoms with van der Waals surface area (Å²) in [5.74, 6) is 0.355. The van der Waals surface area contributed by atoms with E-state index in [4.69, 9.17) is 9.47 Å². The van der Waals surface area contributed by atoms with Crippen molar-refractivity contribution in [1.29, 1.82) is 0 Å². The molecule has 2 rings (SSSR count). The van der Waals surface area contributed by atoms with E-state index in [9.17, 15) is 13.2 Å². The zero-order chi connectivity index (χ0) is 20.2. The summed E-state index contributed by atoms with van der Waals surface area (Å²) in [6.07, 6.45) is 1.06. The smallest absolute Gasteiger partial charge is 0.248 e. The van der Waals surface area contributed by atoms with Crippen LogP contribution in [0.1, 0.15) is 12.5 Å². The average Bonchev–Trinajstić information content (AvgIpc) is 2.61. The summed E-state index contributed by atoms with van der Waals surface area (Å²) in [4.78, 5) is 12.8. The molecule has 7 nitrogen and oxygen atoms in total. The van der Waals surface area contributed by atoms with Crippen LogP contribution in [-0.4, -0.2) is 40.8 Å². The molecule has 8 heteroatoms. The molecule has 27 heavy (non-hydrogen) atoms. The topological polar surface area (TPSA) is 84.9 Å². The van der Waals surface area contributed by atoms with E-state index < -0.39 is 22.0 Å². The van der Waals surface area contributed by atoms with E-state index in [1.807, 2.05) is 13.0 Å². The first-order valence-electron chi connectivity index (χ1n) is 8.27. The molecular weight excluding hydrogens is 368 g/mol. The van der Waals surface area contributed by atoms with Crippen molar-refractivity contribution in [3.8, 4) is 11.5 Å². The largest absolute Gasteiger partial charge is 0.495 e. The van der Waals surface area contributed by atoms with Crippen LogP contribution in [0, 0.1) is 6.92 Å². The fourth-order valence-electron chi connectivity index (χ4n) is 2.74. The summed E-state index contributed by atoms with van der Waals surface area (Å²) < 4.78 is 36.6. The van der Waals surface area contributed by atoms with Gasteiger partial charge in [-0.15, -0.1) is 0 Å². The Balaban J connectivity index is 2.43. The van der Waals surface area contributed by atoms with Crippen LogP contribution in [0.2, 0.25) is 0 Å². The van der Waals surface area contributed by atoms with Gasteiger partial charge in [0, 0.05) is 0 Å². The van der Waals surface area contributed by atoms with Crippen molar-refractivity contribution in [1.82, 2.24) is 0 Å². The lowest BCUT2D eigenvalue weighted by atomic mass is 10.2. The molecular formula is C19H24N2O5S. The van der Waals surface area contributed by atoms with Crippen LogP contribution in [0.15, 0.2) is 42.5 Å². The third-order valence-electron chi connectivity index (χ3n) is 4.03. The molecule has 2 aromatic rings. The van der Waals surface area contributed by atoms with Crippen molar-refractivity contribution in [2.45, 2.75) is 19.9 Å². The number of carbonyl (C=O) groups excluding carboxylic acids is 1. The summed E-state index contributed by atoms with van der Waals surface area (Å²) >= 11 is 0. The van der Waals surface area contributed by atoms with Crippen LogP contribution in [0.4, 0.5) is 11.4 Å². The summed E-state index contributed by atoms with van der Waals surface area (Å²) in [7, 11) is -0.811. The number of rotatable bonds is 7. The summed E-state index contributed by atoms with van der Waals surface area (Å²) in [6, 6.07) is 11.1. The summed E-state index contributed by atoms with van der Waals surface area (Å²) in [6.45, 7) is 3.36. The Morgan fingerprint density at radius 2 is 1.70 bits per heavy atom. The van der Waals surface area contributed by atoms with Gasteiger partial charge in [0.15, 0.2) is 0 Å². The number of hydrogen-bond donors (Lipinski definition) is 1. The van der Waals surface area contributed by atoms with Crippen LogP contribution in [0.3, 0.4) is 0 Å². The van der Waals surface area contributed by atoms with Crippen LogP contribution < -0.4 is 19.1 Å². The van der Waals surface area contributed by atoms with Gasteiger partial charge in [-0.2, -0.15) is 0 Å². The van der Waals surface area contributed by atoms with Gasteiger partial charge in [-0.25, -0.2) is 8.42 Å². The molecule has 0 fully saturated rings. The van der Waals surface area contributed by atoms with Gasteiger partial charge in [0.25, 0.3) is 0 Å². The molecule has 0 saturated carbocycles. The molecule has 146 valence electrons. The van der Waals surface area contributed by atoms with Gasteiger partial charge < -0.3 is 14.8 Å². The highest BCUT2D eigenvalue weighted by Crippen LogP contribution is 2.33. The van der Waals surface area contributed by atoms with Gasteiger partial charge in [0.05, 0.1) is 31.9 Å². The van der Waals surface area contributed by atoms with Crippen molar-refractivity contribution in [3.63, 3.8) is 0 Å². The zero-order valence-corrected chi connectivity index (χ0v) is 16.8. The van der Waals surface area contributed by atoms with E-state index in [1.165, 1.54) is 21.1 Å². The monoisotopic (exact) mass is 392 g/mol. The molecule has 0 radical (unpaired) electrons. The second-order valence-corrected chi connectivity index (χ2v) is 7.96. The molecule has 1 atom stereocenters. The van der Waals surface area contributed by atoms with Crippen molar-refractivity contribution >= 4 is 27.3 Å². The molecule has 0 aliphatic carbocycles. The molecule has 1 N–H and O–H groups in total. The maximum Gasteiger partial charge on any atom is 0.248 e. The summed E-state index contributed by atoms with van der Waals surface area (Å²) in [5.41, 5.74) is 1.61. The molecule has 1 unspecified atom stereocenters. The molecule has 0 bridgehead atoms. The number of anilines is 2. The standard InChI is InChI=1S/C19H24N2O5S/c1-13-10-11-18(26-4)16(12-13)21(27(5,23)24)14(2)19(22)20-15-8-6-7-9-17(15)25-3/h6-12,14H,1-5H3,(H,20,22). The number of sulfonamides is 1. The van der Waals surface area contributed by atoms with Gasteiger partial charge in [-0.3, -0.25) is 9.10 Å². The number of aryl methyl sites for hydroxylation is 1. The Hall–Kier alpha value is -2.74. The number of nitrogens with zero attached hydrogens (tertiary/aromatic N) is 1. The number of ether oxygens (including phenoxy) is 2. The second kappa shape index (κ2) is 8.30. The molecule has 0 aromatic heterocycles. The minimum atomic E-state index is -3.76. The Kier molecular flexibility index (Phi) is 6.32. The van der Waals surface area contributed by atoms with Crippen molar-refractivity contribution < 1.29 is 22.7 Å². The highest BCUT2D eigenvalue weighted by molar-refractivity contribution is 7.92. The number of benzene rings is 2. The highest BCUT2D eigenvalue weighted by Gasteiger charge is 2.31. The number of hydrogen-bond acceptors (Lipinski definition) is 5. The van der Waals surface area contributed by atoms with E-state index in [1.54, 1.807) is 36.4 Å². The molecule has 0 spiro atoms. The predicted molar refractivity (Wildman–Crippen MR) is 106 cm³/mol. The number of methoxy groups -OCH3 is 2. The van der Waals surface area contributed by atoms with E-state index in [-0.39, 0.29) is 0 Å². The first-order valence-corrected chi connectivity index (χ1v) is 10.1. The Morgan fingerprint density at radius 3 is 2.30 bits per heavy atom. The third-order valence-corrected chi connectivity index (χ3v) is 5.25. The number of nitrogens with one attached hydrogen (secondary N) is 1. The van der Waals surface area contributed by atoms with Gasteiger partial charge in [-0.05, 0) is 43.7 Å². The van der Waals surface area contributed by atoms with E-state index in [0.29, 0.717) is 22.9 Å². The van der Waals surface area contributed by atoms with Crippen molar-refractivity contribution in [3.05, 3.63) is 48.0 Å². The van der Waals surface area contributed by atoms with Crippen LogP contribution in [0.25, 0.3) is 0 Å². The lowest BCUT2D eigenvalue weighted by Gasteiger charge is -2.29. The second-order valence-electron chi connectivity index (χ2n) is 6.10. The molecule has 0 aliphatic rings. The SMILES string of the molecule is COc1ccccc1NC(=O)C(C)N(c1cc(C)ccc1OC)S(C)(=O)=O. The molecule has 2 aromatic carbocycles. The van der Waals surface area contributed by atoms with Gasteiger partial charge in [0.2, 0.25) is 15.9 Å². The minimum Gasteiger partial charge on any atom is -0.495 e. The fraction of sp³-hybridized carbons (Fsp3) is 0.316. The minimum absolute atomic E-state index is 0.308. The van der Waals surface area contributed by atoms with Crippen molar-refractivity contribution in [2.24, 2.45) is 0 Å². The normalized spacial score (nSPS) is 12.2. The maximum atomic E-state index is 12.8. The molecule has 0 heterocycles. The predicted octanol–water partition coefficient (Wildman–Crippen LogP) is 2.81.